The molecule has 0 spiro atoms. The van der Waals surface area contributed by atoms with Crippen molar-refractivity contribution in [2.45, 2.75) is 6.61 Å². The fraction of sp³-hybridized carbons (Fsp3) is 0.0625. The fourth-order valence-corrected chi connectivity index (χ4v) is 5.57. The van der Waals surface area contributed by atoms with Crippen molar-refractivity contribution in [3.63, 3.8) is 0 Å². The van der Waals surface area contributed by atoms with Crippen LogP contribution in [0.3, 0.4) is 0 Å². The predicted octanol–water partition coefficient (Wildman–Crippen LogP) is 8.03. The van der Waals surface area contributed by atoms with Crippen LogP contribution in [0.5, 0.6) is 0 Å². The van der Waals surface area contributed by atoms with Gasteiger partial charge in [0, 0.05) is 40.0 Å². The van der Waals surface area contributed by atoms with Crippen LogP contribution in [0.15, 0.2) is 115 Å². The molecule has 0 saturated heterocycles. The largest absolute Gasteiger partial charge is 0.380 e. The summed E-state index contributed by atoms with van der Waals surface area (Å²) < 4.78 is 10.4. The lowest BCUT2D eigenvalue weighted by atomic mass is 10.1. The molecule has 3 nitrogen and oxygen atoms in total. The molecule has 7 aromatic rings. The molecule has 5 aromatic carbocycles. The van der Waals surface area contributed by atoms with Crippen LogP contribution in [0.25, 0.3) is 55.0 Å². The predicted molar refractivity (Wildman–Crippen MR) is 146 cm³/mol. The summed E-state index contributed by atoms with van der Waals surface area (Å²) in [7, 11) is 1.76. The number of hydrogen-bond donors (Lipinski definition) is 0. The van der Waals surface area contributed by atoms with Crippen molar-refractivity contribution >= 4 is 43.6 Å². The highest BCUT2D eigenvalue weighted by atomic mass is 16.5. The molecule has 0 saturated carbocycles. The minimum atomic E-state index is 0.551. The van der Waals surface area contributed by atoms with E-state index in [2.05, 4.69) is 124 Å². The van der Waals surface area contributed by atoms with E-state index in [1.807, 2.05) is 0 Å². The fourth-order valence-electron chi connectivity index (χ4n) is 5.57. The van der Waals surface area contributed by atoms with Gasteiger partial charge in [-0.2, -0.15) is 0 Å². The number of para-hydroxylation sites is 4. The Labute approximate surface area is 203 Å². The molecule has 0 aliphatic rings. The van der Waals surface area contributed by atoms with Crippen LogP contribution in [0.2, 0.25) is 0 Å². The highest BCUT2D eigenvalue weighted by Gasteiger charge is 2.16. The summed E-state index contributed by atoms with van der Waals surface area (Å²) in [6.45, 7) is 0.551. The molecule has 0 N–H and O–H groups in total. The number of benzene rings is 5. The summed E-state index contributed by atoms with van der Waals surface area (Å²) in [4.78, 5) is 0. The van der Waals surface area contributed by atoms with E-state index < -0.39 is 0 Å². The van der Waals surface area contributed by atoms with E-state index in [4.69, 9.17) is 4.74 Å². The summed E-state index contributed by atoms with van der Waals surface area (Å²) in [5, 5.41) is 5.05. The number of ether oxygens (including phenoxy) is 1. The molecule has 0 bridgehead atoms. The smallest absolute Gasteiger partial charge is 0.0714 e. The first-order valence-corrected chi connectivity index (χ1v) is 11.9. The summed E-state index contributed by atoms with van der Waals surface area (Å²) in [6, 6.07) is 41.4. The molecular formula is C32H24N2O. The van der Waals surface area contributed by atoms with E-state index in [-0.39, 0.29) is 0 Å². The van der Waals surface area contributed by atoms with E-state index in [0.717, 1.165) is 16.9 Å². The molecule has 0 amide bonds. The standard InChI is InChI=1S/C32H24N2O/c1-35-21-22-18-23(33-29-14-6-2-10-25(29)26-11-3-7-15-30(26)33)20-24(19-22)34-31-16-8-4-12-27(31)28-13-5-9-17-32(28)34/h2-20H,21H2,1H3. The average molecular weight is 453 g/mol. The number of nitrogens with zero attached hydrogens (tertiary/aromatic N) is 2. The number of rotatable bonds is 4. The SMILES string of the molecule is COCc1cc(-n2c3ccccc3c3ccccc32)cc(-n2c3ccccc3c3ccccc32)c1. The van der Waals surface area contributed by atoms with Gasteiger partial charge in [-0.25, -0.2) is 0 Å². The molecule has 0 fully saturated rings. The minimum absolute atomic E-state index is 0.551. The van der Waals surface area contributed by atoms with Crippen LogP contribution in [0, 0.1) is 0 Å². The van der Waals surface area contributed by atoms with Crippen LogP contribution in [-0.2, 0) is 11.3 Å². The zero-order valence-electron chi connectivity index (χ0n) is 19.5. The van der Waals surface area contributed by atoms with Crippen LogP contribution >= 0.6 is 0 Å². The highest BCUT2D eigenvalue weighted by molar-refractivity contribution is 6.10. The van der Waals surface area contributed by atoms with Crippen molar-refractivity contribution in [2.24, 2.45) is 0 Å². The summed E-state index contributed by atoms with van der Waals surface area (Å²) in [6.07, 6.45) is 0. The zero-order chi connectivity index (χ0) is 23.4. The molecule has 0 aliphatic heterocycles. The zero-order valence-corrected chi connectivity index (χ0v) is 19.5. The van der Waals surface area contributed by atoms with Crippen LogP contribution < -0.4 is 0 Å². The lowest BCUT2D eigenvalue weighted by Crippen LogP contribution is -2.01. The Hall–Kier alpha value is -4.34. The molecule has 0 radical (unpaired) electrons. The van der Waals surface area contributed by atoms with Crippen LogP contribution in [-0.4, -0.2) is 16.2 Å². The summed E-state index contributed by atoms with van der Waals surface area (Å²) in [5.74, 6) is 0. The van der Waals surface area contributed by atoms with Gasteiger partial charge in [0.15, 0.2) is 0 Å². The number of fused-ring (bicyclic) bond motifs is 6. The summed E-state index contributed by atoms with van der Waals surface area (Å²) in [5.41, 5.74) is 8.23. The van der Waals surface area contributed by atoms with Gasteiger partial charge in [-0.1, -0.05) is 72.8 Å². The highest BCUT2D eigenvalue weighted by Crippen LogP contribution is 2.35. The van der Waals surface area contributed by atoms with E-state index in [1.165, 1.54) is 43.6 Å². The Kier molecular flexibility index (Phi) is 4.51. The van der Waals surface area contributed by atoms with E-state index >= 15 is 0 Å². The Morgan fingerprint density at radius 2 is 0.829 bits per heavy atom. The van der Waals surface area contributed by atoms with Gasteiger partial charge >= 0.3 is 0 Å². The van der Waals surface area contributed by atoms with Gasteiger partial charge in [-0.15, -0.1) is 0 Å². The summed E-state index contributed by atoms with van der Waals surface area (Å²) >= 11 is 0. The van der Waals surface area contributed by atoms with Crippen molar-refractivity contribution < 1.29 is 4.74 Å². The normalized spacial score (nSPS) is 11.8. The lowest BCUT2D eigenvalue weighted by Gasteiger charge is -2.15. The van der Waals surface area contributed by atoms with Crippen molar-refractivity contribution in [3.8, 4) is 11.4 Å². The van der Waals surface area contributed by atoms with Gasteiger partial charge < -0.3 is 13.9 Å². The third-order valence-corrected chi connectivity index (χ3v) is 6.95. The second kappa shape index (κ2) is 7.86. The van der Waals surface area contributed by atoms with Crippen molar-refractivity contribution in [2.75, 3.05) is 7.11 Å². The van der Waals surface area contributed by atoms with Gasteiger partial charge in [0.2, 0.25) is 0 Å². The maximum Gasteiger partial charge on any atom is 0.0714 e. The Morgan fingerprint density at radius 3 is 1.17 bits per heavy atom. The first-order chi connectivity index (χ1) is 17.3. The molecule has 35 heavy (non-hydrogen) atoms. The van der Waals surface area contributed by atoms with E-state index in [1.54, 1.807) is 7.11 Å². The van der Waals surface area contributed by atoms with Gasteiger partial charge in [0.1, 0.15) is 0 Å². The molecule has 7 rings (SSSR count). The average Bonchev–Trinajstić information content (AvgIpc) is 3.42. The Morgan fingerprint density at radius 1 is 0.486 bits per heavy atom. The second-order valence-corrected chi connectivity index (χ2v) is 9.03. The van der Waals surface area contributed by atoms with Crippen molar-refractivity contribution in [1.82, 2.24) is 9.13 Å². The first kappa shape index (κ1) is 20.1. The van der Waals surface area contributed by atoms with Gasteiger partial charge in [0.05, 0.1) is 28.7 Å². The van der Waals surface area contributed by atoms with Crippen LogP contribution in [0.1, 0.15) is 5.56 Å². The number of hydrogen-bond acceptors (Lipinski definition) is 1. The van der Waals surface area contributed by atoms with Crippen molar-refractivity contribution in [1.29, 1.82) is 0 Å². The minimum Gasteiger partial charge on any atom is -0.380 e. The quantitative estimate of drug-likeness (QED) is 0.264. The molecule has 3 heteroatoms. The molecule has 0 unspecified atom stereocenters. The number of aromatic nitrogens is 2. The maximum atomic E-state index is 5.60. The third kappa shape index (κ3) is 3.02. The van der Waals surface area contributed by atoms with Gasteiger partial charge in [0.25, 0.3) is 0 Å². The third-order valence-electron chi connectivity index (χ3n) is 6.95. The van der Waals surface area contributed by atoms with Crippen molar-refractivity contribution in [3.05, 3.63) is 121 Å². The Bertz CT molecular complexity index is 1630. The lowest BCUT2D eigenvalue weighted by molar-refractivity contribution is 0.185. The number of methoxy groups -OCH3 is 1. The molecule has 2 aromatic heterocycles. The second-order valence-electron chi connectivity index (χ2n) is 9.03. The molecule has 0 atom stereocenters. The molecule has 2 heterocycles. The Balaban J connectivity index is 1.59. The monoisotopic (exact) mass is 452 g/mol. The van der Waals surface area contributed by atoms with Gasteiger partial charge in [-0.3, -0.25) is 0 Å². The molecule has 0 aliphatic carbocycles. The molecular weight excluding hydrogens is 428 g/mol. The van der Waals surface area contributed by atoms with Gasteiger partial charge in [-0.05, 0) is 48.0 Å². The topological polar surface area (TPSA) is 19.1 Å². The van der Waals surface area contributed by atoms with Crippen LogP contribution in [0.4, 0.5) is 0 Å². The molecule has 168 valence electrons. The first-order valence-electron chi connectivity index (χ1n) is 11.9. The van der Waals surface area contributed by atoms with E-state index in [9.17, 15) is 0 Å². The maximum absolute atomic E-state index is 5.60. The van der Waals surface area contributed by atoms with E-state index in [0.29, 0.717) is 6.61 Å².